The van der Waals surface area contributed by atoms with Crippen LogP contribution in [0.5, 0.6) is 0 Å². The van der Waals surface area contributed by atoms with Crippen molar-refractivity contribution < 1.29 is 13.2 Å². The Morgan fingerprint density at radius 3 is 2.13 bits per heavy atom. The van der Waals surface area contributed by atoms with Gasteiger partial charge in [0.15, 0.2) is 0 Å². The number of halogens is 2. The third-order valence-electron chi connectivity index (χ3n) is 4.76. The topological polar surface area (TPSA) is 66.5 Å². The van der Waals surface area contributed by atoms with Crippen molar-refractivity contribution in [3.05, 3.63) is 99.5 Å². The van der Waals surface area contributed by atoms with Crippen LogP contribution >= 0.6 is 23.2 Å². The summed E-state index contributed by atoms with van der Waals surface area (Å²) in [5, 5.41) is 3.53. The zero-order chi connectivity index (χ0) is 22.6. The number of benzene rings is 3. The Morgan fingerprint density at radius 1 is 0.968 bits per heavy atom. The molecule has 0 aromatic heterocycles. The number of rotatable bonds is 7. The van der Waals surface area contributed by atoms with Gasteiger partial charge in [0.2, 0.25) is 15.9 Å². The van der Waals surface area contributed by atoms with Gasteiger partial charge in [-0.05, 0) is 41.8 Å². The fourth-order valence-corrected chi connectivity index (χ4v) is 4.67. The Labute approximate surface area is 192 Å². The Balaban J connectivity index is 1.93. The van der Waals surface area contributed by atoms with Crippen molar-refractivity contribution in [1.82, 2.24) is 5.32 Å². The lowest BCUT2D eigenvalue weighted by Crippen LogP contribution is -2.42. The van der Waals surface area contributed by atoms with Crippen LogP contribution in [0.3, 0.4) is 0 Å². The van der Waals surface area contributed by atoms with Gasteiger partial charge in [0.25, 0.3) is 0 Å². The van der Waals surface area contributed by atoms with Gasteiger partial charge in [-0.2, -0.15) is 0 Å². The summed E-state index contributed by atoms with van der Waals surface area (Å²) in [5.41, 5.74) is 3.06. The van der Waals surface area contributed by atoms with Crippen LogP contribution in [0.2, 0.25) is 10.0 Å². The summed E-state index contributed by atoms with van der Waals surface area (Å²) in [7, 11) is -3.76. The number of nitrogens with one attached hydrogen (secondary N) is 1. The van der Waals surface area contributed by atoms with Gasteiger partial charge in [-0.25, -0.2) is 8.42 Å². The first kappa shape index (κ1) is 23.1. The molecule has 0 fully saturated rings. The molecule has 1 N–H and O–H groups in total. The predicted octanol–water partition coefficient (Wildman–Crippen LogP) is 4.97. The molecule has 0 radical (unpaired) electrons. The molecule has 3 aromatic carbocycles. The lowest BCUT2D eigenvalue weighted by atomic mass is 9.95. The van der Waals surface area contributed by atoms with E-state index >= 15 is 0 Å². The molecule has 31 heavy (non-hydrogen) atoms. The molecule has 8 heteroatoms. The number of amides is 1. The minimum Gasteiger partial charge on any atom is -0.344 e. The fourth-order valence-electron chi connectivity index (χ4n) is 3.32. The number of hydrogen-bond acceptors (Lipinski definition) is 3. The number of aryl methyl sites for hydroxylation is 1. The first-order valence-corrected chi connectivity index (χ1v) is 12.1. The van der Waals surface area contributed by atoms with E-state index in [-0.39, 0.29) is 15.7 Å². The number of nitrogens with zero attached hydrogens (tertiary/aromatic N) is 1. The third-order valence-corrected chi connectivity index (χ3v) is 6.34. The van der Waals surface area contributed by atoms with Crippen molar-refractivity contribution in [3.8, 4) is 0 Å². The van der Waals surface area contributed by atoms with Gasteiger partial charge in [-0.1, -0.05) is 77.8 Å². The van der Waals surface area contributed by atoms with E-state index < -0.39 is 28.5 Å². The average Bonchev–Trinajstić information content (AvgIpc) is 2.70. The molecule has 0 bridgehead atoms. The minimum atomic E-state index is -3.76. The summed E-state index contributed by atoms with van der Waals surface area (Å²) in [6.45, 7) is 1.55. The lowest BCUT2D eigenvalue weighted by Gasteiger charge is -2.26. The second-order valence-electron chi connectivity index (χ2n) is 7.17. The summed E-state index contributed by atoms with van der Waals surface area (Å²) < 4.78 is 25.8. The zero-order valence-corrected chi connectivity index (χ0v) is 19.4. The first-order chi connectivity index (χ1) is 14.6. The van der Waals surface area contributed by atoms with Crippen molar-refractivity contribution in [3.63, 3.8) is 0 Å². The third kappa shape index (κ3) is 6.00. The van der Waals surface area contributed by atoms with Crippen LogP contribution < -0.4 is 9.62 Å². The second kappa shape index (κ2) is 9.73. The van der Waals surface area contributed by atoms with Crippen molar-refractivity contribution >= 4 is 44.8 Å². The van der Waals surface area contributed by atoms with Crippen molar-refractivity contribution in [2.24, 2.45) is 0 Å². The molecule has 0 aliphatic heterocycles. The lowest BCUT2D eigenvalue weighted by molar-refractivity contribution is -0.120. The highest BCUT2D eigenvalue weighted by atomic mass is 35.5. The average molecular weight is 477 g/mol. The van der Waals surface area contributed by atoms with Gasteiger partial charge >= 0.3 is 0 Å². The van der Waals surface area contributed by atoms with Crippen LogP contribution in [0.15, 0.2) is 72.8 Å². The highest BCUT2D eigenvalue weighted by Crippen LogP contribution is 2.28. The van der Waals surface area contributed by atoms with Crippen molar-refractivity contribution in [2.45, 2.75) is 13.0 Å². The predicted molar refractivity (Wildman–Crippen MR) is 126 cm³/mol. The maximum atomic E-state index is 13.0. The summed E-state index contributed by atoms with van der Waals surface area (Å²) in [4.78, 5) is 13.0. The minimum absolute atomic E-state index is 0.224. The van der Waals surface area contributed by atoms with Crippen LogP contribution in [0.1, 0.15) is 22.7 Å². The number of carbonyl (C=O) groups is 1. The number of hydrogen-bond donors (Lipinski definition) is 1. The van der Waals surface area contributed by atoms with E-state index in [0.29, 0.717) is 0 Å². The van der Waals surface area contributed by atoms with Crippen LogP contribution in [0.25, 0.3) is 0 Å². The van der Waals surface area contributed by atoms with E-state index in [0.717, 1.165) is 27.3 Å². The van der Waals surface area contributed by atoms with Crippen LogP contribution in [0.4, 0.5) is 5.69 Å². The van der Waals surface area contributed by atoms with Gasteiger partial charge < -0.3 is 5.32 Å². The number of carbonyl (C=O) groups excluding carboxylic acids is 1. The Bertz CT molecular complexity index is 1160. The first-order valence-electron chi connectivity index (χ1n) is 9.49. The van der Waals surface area contributed by atoms with Crippen LogP contribution in [-0.2, 0) is 14.8 Å². The van der Waals surface area contributed by atoms with Gasteiger partial charge in [0.1, 0.15) is 6.54 Å². The van der Waals surface area contributed by atoms with Crippen LogP contribution in [-0.4, -0.2) is 27.1 Å². The number of sulfonamides is 1. The molecule has 0 heterocycles. The Kier molecular flexibility index (Phi) is 7.26. The van der Waals surface area contributed by atoms with Crippen molar-refractivity contribution in [1.29, 1.82) is 0 Å². The molecule has 162 valence electrons. The molecule has 3 aromatic rings. The quantitative estimate of drug-likeness (QED) is 0.523. The maximum Gasteiger partial charge on any atom is 0.241 e. The largest absolute Gasteiger partial charge is 0.344 e. The normalized spacial score (nSPS) is 12.3. The van der Waals surface area contributed by atoms with Gasteiger partial charge in [-0.15, -0.1) is 0 Å². The zero-order valence-electron chi connectivity index (χ0n) is 17.0. The molecule has 0 saturated heterocycles. The van der Waals surface area contributed by atoms with Crippen molar-refractivity contribution in [2.75, 3.05) is 17.1 Å². The Hall–Kier alpha value is -2.54. The summed E-state index contributed by atoms with van der Waals surface area (Å²) in [5.74, 6) is -0.460. The molecule has 0 unspecified atom stereocenters. The van der Waals surface area contributed by atoms with Crippen LogP contribution in [0, 0.1) is 6.92 Å². The van der Waals surface area contributed by atoms with E-state index in [4.69, 9.17) is 23.2 Å². The highest BCUT2D eigenvalue weighted by Gasteiger charge is 2.24. The fraction of sp³-hybridized carbons (Fsp3) is 0.174. The monoisotopic (exact) mass is 476 g/mol. The molecule has 0 saturated carbocycles. The Morgan fingerprint density at radius 2 is 1.55 bits per heavy atom. The summed E-state index contributed by atoms with van der Waals surface area (Å²) in [6.07, 6.45) is 1.03. The van der Waals surface area contributed by atoms with E-state index in [1.807, 2.05) is 61.5 Å². The molecule has 0 aliphatic rings. The van der Waals surface area contributed by atoms with E-state index in [9.17, 15) is 13.2 Å². The molecule has 1 amide bonds. The van der Waals surface area contributed by atoms with Gasteiger partial charge in [0, 0.05) is 10.0 Å². The molecule has 0 aliphatic carbocycles. The van der Waals surface area contributed by atoms with E-state index in [2.05, 4.69) is 5.32 Å². The molecular formula is C23H22Cl2N2O3S. The van der Waals surface area contributed by atoms with Gasteiger partial charge in [0.05, 0.1) is 18.0 Å². The SMILES string of the molecule is Cc1ccccc1[C@H](NC(=O)CN(c1cc(Cl)cc(Cl)c1)S(C)(=O)=O)c1ccccc1. The number of anilines is 1. The summed E-state index contributed by atoms with van der Waals surface area (Å²) >= 11 is 12.1. The summed E-state index contributed by atoms with van der Waals surface area (Å²) in [6, 6.07) is 21.2. The molecule has 3 rings (SSSR count). The second-order valence-corrected chi connectivity index (χ2v) is 9.94. The smallest absolute Gasteiger partial charge is 0.241 e. The molecular weight excluding hydrogens is 455 g/mol. The van der Waals surface area contributed by atoms with E-state index in [1.165, 1.54) is 18.2 Å². The standard InChI is InChI=1S/C23H22Cl2N2O3S/c1-16-8-6-7-11-21(16)23(17-9-4-3-5-10-17)26-22(28)15-27(31(2,29)30)20-13-18(24)12-19(25)14-20/h3-14,23H,15H2,1-2H3,(H,26,28)/t23-/m1/s1. The highest BCUT2D eigenvalue weighted by molar-refractivity contribution is 7.92. The molecule has 5 nitrogen and oxygen atoms in total. The van der Waals surface area contributed by atoms with E-state index in [1.54, 1.807) is 0 Å². The molecule has 0 spiro atoms. The van der Waals surface area contributed by atoms with Gasteiger partial charge in [-0.3, -0.25) is 9.10 Å². The molecule has 1 atom stereocenters. The maximum absolute atomic E-state index is 13.0.